The summed E-state index contributed by atoms with van der Waals surface area (Å²) >= 11 is 2.87. The molecule has 4 nitrogen and oxygen atoms in total. The second-order valence-electron chi connectivity index (χ2n) is 4.75. The van der Waals surface area contributed by atoms with Crippen LogP contribution in [0.5, 0.6) is 0 Å². The third-order valence-electron chi connectivity index (χ3n) is 3.40. The first-order valence-corrected chi connectivity index (χ1v) is 7.24. The van der Waals surface area contributed by atoms with Crippen molar-refractivity contribution >= 4 is 27.7 Å². The van der Waals surface area contributed by atoms with E-state index in [9.17, 15) is 14.0 Å². The number of nitrogens with zero attached hydrogens (tertiary/aromatic N) is 1. The first-order chi connectivity index (χ1) is 8.45. The average molecular weight is 323 g/mol. The molecular weight excluding hydrogens is 303 g/mol. The minimum Gasteiger partial charge on any atom is -0.368 e. The molecule has 0 aromatic carbocycles. The zero-order valence-electron chi connectivity index (χ0n) is 10.6. The number of carbonyl (C=O) groups excluding carboxylic acids is 2. The van der Waals surface area contributed by atoms with Crippen molar-refractivity contribution in [3.8, 4) is 0 Å². The molecule has 104 valence electrons. The van der Waals surface area contributed by atoms with Crippen LogP contribution in [0.2, 0.25) is 0 Å². The van der Waals surface area contributed by atoms with E-state index in [4.69, 9.17) is 5.73 Å². The monoisotopic (exact) mass is 322 g/mol. The number of likely N-dealkylation sites (tertiary alicyclic amines) is 1. The van der Waals surface area contributed by atoms with Crippen molar-refractivity contribution in [1.82, 2.24) is 4.90 Å². The lowest BCUT2D eigenvalue weighted by molar-refractivity contribution is -0.139. The van der Waals surface area contributed by atoms with Crippen LogP contribution in [0.1, 0.15) is 39.0 Å². The highest BCUT2D eigenvalue weighted by Gasteiger charge is 2.31. The highest BCUT2D eigenvalue weighted by Crippen LogP contribution is 2.27. The highest BCUT2D eigenvalue weighted by molar-refractivity contribution is 9.09. The van der Waals surface area contributed by atoms with Crippen molar-refractivity contribution in [3.63, 3.8) is 0 Å². The Morgan fingerprint density at radius 1 is 1.67 bits per heavy atom. The summed E-state index contributed by atoms with van der Waals surface area (Å²) in [5.41, 5.74) is 5.31. The van der Waals surface area contributed by atoms with Gasteiger partial charge in [-0.3, -0.25) is 9.59 Å². The minimum absolute atomic E-state index is 0.0438. The molecule has 0 aliphatic carbocycles. The van der Waals surface area contributed by atoms with Crippen LogP contribution in [0, 0.1) is 5.92 Å². The molecule has 1 heterocycles. The van der Waals surface area contributed by atoms with E-state index in [0.717, 1.165) is 12.8 Å². The third-order valence-corrected chi connectivity index (χ3v) is 3.77. The lowest BCUT2D eigenvalue weighted by Crippen LogP contribution is -2.47. The molecule has 0 aromatic rings. The van der Waals surface area contributed by atoms with Crippen molar-refractivity contribution < 1.29 is 14.0 Å². The molecule has 6 heteroatoms. The number of carbonyl (C=O) groups is 2. The Bertz CT molecular complexity index is 312. The smallest absolute Gasteiger partial charge is 0.240 e. The summed E-state index contributed by atoms with van der Waals surface area (Å²) in [6.07, 6.45) is 2.77. The highest BCUT2D eigenvalue weighted by atomic mass is 79.9. The van der Waals surface area contributed by atoms with Crippen molar-refractivity contribution in [1.29, 1.82) is 0 Å². The van der Waals surface area contributed by atoms with Gasteiger partial charge in [0.25, 0.3) is 0 Å². The fraction of sp³-hybridized carbons (Fsp3) is 0.833. The number of rotatable bonds is 5. The average Bonchev–Trinajstić information content (AvgIpc) is 2.41. The summed E-state index contributed by atoms with van der Waals surface area (Å²) in [4.78, 5) is 25.0. The van der Waals surface area contributed by atoms with Gasteiger partial charge in [0.2, 0.25) is 11.8 Å². The van der Waals surface area contributed by atoms with E-state index < -0.39 is 17.0 Å². The predicted molar refractivity (Wildman–Crippen MR) is 70.8 cm³/mol. The van der Waals surface area contributed by atoms with Crippen LogP contribution in [0.25, 0.3) is 0 Å². The van der Waals surface area contributed by atoms with Crippen LogP contribution in [0.4, 0.5) is 4.39 Å². The predicted octanol–water partition coefficient (Wildman–Crippen LogP) is 1.96. The lowest BCUT2D eigenvalue weighted by Gasteiger charge is -2.27. The van der Waals surface area contributed by atoms with Crippen molar-refractivity contribution in [2.75, 3.05) is 6.54 Å². The van der Waals surface area contributed by atoms with Gasteiger partial charge in [-0.05, 0) is 31.6 Å². The van der Waals surface area contributed by atoms with Crippen LogP contribution < -0.4 is 5.73 Å². The van der Waals surface area contributed by atoms with E-state index in [2.05, 4.69) is 15.9 Å². The fourth-order valence-corrected chi connectivity index (χ4v) is 3.03. The Morgan fingerprint density at radius 3 is 2.83 bits per heavy atom. The number of hydrogen-bond donors (Lipinski definition) is 1. The number of amides is 2. The maximum absolute atomic E-state index is 12.9. The molecule has 1 aliphatic rings. The Hall–Kier alpha value is -0.650. The molecular formula is C12H20BrFN2O2. The van der Waals surface area contributed by atoms with Crippen LogP contribution in [0.3, 0.4) is 0 Å². The van der Waals surface area contributed by atoms with E-state index in [1.54, 1.807) is 4.90 Å². The summed E-state index contributed by atoms with van der Waals surface area (Å²) in [7, 11) is 0. The zero-order chi connectivity index (χ0) is 13.7. The standard InChI is InChI=1S/C12H20BrFN2O2/c1-2-9(12(15)18)16-5-3-4-8(6-10(13)14)7-11(16)17/h8-10H,2-7H2,1H3,(H2,15,18). The van der Waals surface area contributed by atoms with E-state index in [1.165, 1.54) is 0 Å². The van der Waals surface area contributed by atoms with Gasteiger partial charge in [0.15, 0.2) is 5.08 Å². The molecule has 1 fully saturated rings. The molecule has 0 saturated carbocycles. The van der Waals surface area contributed by atoms with Gasteiger partial charge < -0.3 is 10.6 Å². The quantitative estimate of drug-likeness (QED) is 0.786. The third kappa shape index (κ3) is 4.23. The van der Waals surface area contributed by atoms with Crippen molar-refractivity contribution in [2.45, 2.75) is 50.2 Å². The van der Waals surface area contributed by atoms with Gasteiger partial charge in [-0.25, -0.2) is 4.39 Å². The van der Waals surface area contributed by atoms with Crippen molar-refractivity contribution in [2.24, 2.45) is 11.7 Å². The molecule has 3 unspecified atom stereocenters. The van der Waals surface area contributed by atoms with Gasteiger partial charge >= 0.3 is 0 Å². The number of hydrogen-bond acceptors (Lipinski definition) is 2. The van der Waals surface area contributed by atoms with Gasteiger partial charge in [0.1, 0.15) is 6.04 Å². The maximum Gasteiger partial charge on any atom is 0.240 e. The van der Waals surface area contributed by atoms with E-state index in [-0.39, 0.29) is 11.8 Å². The normalized spacial score (nSPS) is 24.5. The van der Waals surface area contributed by atoms with Crippen molar-refractivity contribution in [3.05, 3.63) is 0 Å². The summed E-state index contributed by atoms with van der Waals surface area (Å²) in [5.74, 6) is -0.508. The first kappa shape index (κ1) is 15.4. The SMILES string of the molecule is CCC(C(N)=O)N1CCCC(CC(F)Br)CC1=O. The molecule has 0 spiro atoms. The van der Waals surface area contributed by atoms with E-state index in [1.807, 2.05) is 6.92 Å². The number of nitrogens with two attached hydrogens (primary N) is 1. The topological polar surface area (TPSA) is 63.4 Å². The minimum atomic E-state index is -1.07. The Labute approximate surface area is 115 Å². The van der Waals surface area contributed by atoms with Gasteiger partial charge in [0, 0.05) is 13.0 Å². The summed E-state index contributed by atoms with van der Waals surface area (Å²) in [5, 5.41) is -1.07. The molecule has 3 atom stereocenters. The maximum atomic E-state index is 12.9. The summed E-state index contributed by atoms with van der Waals surface area (Å²) < 4.78 is 12.9. The zero-order valence-corrected chi connectivity index (χ0v) is 12.2. The van der Waals surface area contributed by atoms with E-state index >= 15 is 0 Å². The molecule has 1 saturated heterocycles. The molecule has 2 amide bonds. The van der Waals surface area contributed by atoms with Gasteiger partial charge in [-0.1, -0.05) is 22.9 Å². The van der Waals surface area contributed by atoms with Gasteiger partial charge in [-0.15, -0.1) is 0 Å². The molecule has 2 N–H and O–H groups in total. The van der Waals surface area contributed by atoms with Gasteiger partial charge in [0.05, 0.1) is 0 Å². The van der Waals surface area contributed by atoms with Crippen LogP contribution in [0.15, 0.2) is 0 Å². The number of halogens is 2. The largest absolute Gasteiger partial charge is 0.368 e. The summed E-state index contributed by atoms with van der Waals surface area (Å²) in [6, 6.07) is -0.526. The molecule has 1 rings (SSSR count). The first-order valence-electron chi connectivity index (χ1n) is 6.32. The summed E-state index contributed by atoms with van der Waals surface area (Å²) in [6.45, 7) is 2.37. The Balaban J connectivity index is 2.68. The Kier molecular flexibility index (Phi) is 6.05. The second kappa shape index (κ2) is 7.07. The van der Waals surface area contributed by atoms with E-state index in [0.29, 0.717) is 25.8 Å². The fourth-order valence-electron chi connectivity index (χ4n) is 2.50. The molecule has 0 bridgehead atoms. The number of alkyl halides is 2. The van der Waals surface area contributed by atoms with Crippen LogP contribution in [-0.4, -0.2) is 34.4 Å². The van der Waals surface area contributed by atoms with Crippen LogP contribution >= 0.6 is 15.9 Å². The second-order valence-corrected chi connectivity index (χ2v) is 5.75. The Morgan fingerprint density at radius 2 is 2.33 bits per heavy atom. The lowest BCUT2D eigenvalue weighted by atomic mass is 9.97. The molecule has 1 aliphatic heterocycles. The van der Waals surface area contributed by atoms with Crippen LogP contribution in [-0.2, 0) is 9.59 Å². The molecule has 0 radical (unpaired) electrons. The molecule has 18 heavy (non-hydrogen) atoms. The van der Waals surface area contributed by atoms with Gasteiger partial charge in [-0.2, -0.15) is 0 Å². The molecule has 0 aromatic heterocycles. The number of primary amides is 1.